The van der Waals surface area contributed by atoms with E-state index in [-0.39, 0.29) is 23.6 Å². The summed E-state index contributed by atoms with van der Waals surface area (Å²) in [6.45, 7) is -0.208. The number of nitrogens with zero attached hydrogens (tertiary/aromatic N) is 1. The van der Waals surface area contributed by atoms with E-state index in [4.69, 9.17) is 0 Å². The predicted octanol–water partition coefficient (Wildman–Crippen LogP) is 0.849. The average molecular weight is 272 g/mol. The van der Waals surface area contributed by atoms with Crippen LogP contribution >= 0.6 is 0 Å². The lowest BCUT2D eigenvalue weighted by Gasteiger charge is -2.16. The Balaban J connectivity index is 2.17. The van der Waals surface area contributed by atoms with E-state index in [2.05, 4.69) is 5.32 Å². The maximum Gasteiger partial charge on any atom is 0.252 e. The van der Waals surface area contributed by atoms with Gasteiger partial charge in [0, 0.05) is 24.9 Å². The van der Waals surface area contributed by atoms with Crippen LogP contribution in [0.4, 0.5) is 0 Å². The third kappa shape index (κ3) is 3.13. The van der Waals surface area contributed by atoms with Crippen molar-refractivity contribution >= 4 is 5.91 Å². The van der Waals surface area contributed by atoms with Crippen LogP contribution in [0.5, 0.6) is 0 Å². The van der Waals surface area contributed by atoms with E-state index in [1.807, 2.05) is 30.3 Å². The van der Waals surface area contributed by atoms with Crippen molar-refractivity contribution in [1.29, 1.82) is 0 Å². The van der Waals surface area contributed by atoms with Gasteiger partial charge in [-0.3, -0.25) is 9.59 Å². The summed E-state index contributed by atoms with van der Waals surface area (Å²) < 4.78 is 1.39. The number of aryl methyl sites for hydroxylation is 1. The number of benzene rings is 1. The molecule has 0 bridgehead atoms. The van der Waals surface area contributed by atoms with Crippen LogP contribution in [0.1, 0.15) is 22.0 Å². The Morgan fingerprint density at radius 2 is 2.00 bits per heavy atom. The molecular weight excluding hydrogens is 256 g/mol. The topological polar surface area (TPSA) is 71.3 Å². The predicted molar refractivity (Wildman–Crippen MR) is 75.4 cm³/mol. The normalized spacial score (nSPS) is 11.9. The number of aromatic nitrogens is 1. The number of hydrogen-bond acceptors (Lipinski definition) is 3. The number of amides is 1. The second kappa shape index (κ2) is 6.16. The van der Waals surface area contributed by atoms with Crippen LogP contribution in [0.2, 0.25) is 0 Å². The van der Waals surface area contributed by atoms with E-state index in [1.54, 1.807) is 13.1 Å². The van der Waals surface area contributed by atoms with Gasteiger partial charge >= 0.3 is 0 Å². The molecule has 0 unspecified atom stereocenters. The first-order valence-corrected chi connectivity index (χ1v) is 6.25. The fourth-order valence-corrected chi connectivity index (χ4v) is 1.85. The third-order valence-electron chi connectivity index (χ3n) is 3.06. The number of aliphatic hydroxyl groups is 1. The van der Waals surface area contributed by atoms with E-state index in [0.29, 0.717) is 0 Å². The van der Waals surface area contributed by atoms with Crippen molar-refractivity contribution in [2.24, 2.45) is 7.05 Å². The number of pyridine rings is 1. The molecule has 0 aliphatic heterocycles. The van der Waals surface area contributed by atoms with E-state index in [1.165, 1.54) is 16.8 Å². The van der Waals surface area contributed by atoms with Gasteiger partial charge in [0.25, 0.3) is 11.5 Å². The van der Waals surface area contributed by atoms with Crippen molar-refractivity contribution in [3.05, 3.63) is 70.1 Å². The Hall–Kier alpha value is -2.40. The summed E-state index contributed by atoms with van der Waals surface area (Å²) in [4.78, 5) is 23.6. The molecule has 5 nitrogen and oxygen atoms in total. The molecule has 0 saturated heterocycles. The lowest BCUT2D eigenvalue weighted by Crippen LogP contribution is -2.31. The zero-order valence-corrected chi connectivity index (χ0v) is 11.1. The minimum absolute atomic E-state index is 0.208. The molecule has 5 heteroatoms. The Bertz CT molecular complexity index is 650. The number of hydrogen-bond donors (Lipinski definition) is 2. The van der Waals surface area contributed by atoms with Crippen LogP contribution in [0, 0.1) is 0 Å². The summed E-state index contributed by atoms with van der Waals surface area (Å²) in [5.74, 6) is -0.384. The van der Waals surface area contributed by atoms with Crippen LogP contribution in [0.25, 0.3) is 0 Å². The highest BCUT2D eigenvalue weighted by molar-refractivity contribution is 5.94. The first-order chi connectivity index (χ1) is 9.61. The van der Waals surface area contributed by atoms with Gasteiger partial charge in [-0.25, -0.2) is 0 Å². The average Bonchev–Trinajstić information content (AvgIpc) is 2.48. The second-order valence-corrected chi connectivity index (χ2v) is 4.48. The van der Waals surface area contributed by atoms with Crippen LogP contribution in [0.3, 0.4) is 0 Å². The lowest BCUT2D eigenvalue weighted by molar-refractivity contribution is 0.0916. The van der Waals surface area contributed by atoms with Crippen LogP contribution in [0.15, 0.2) is 53.5 Å². The fourth-order valence-electron chi connectivity index (χ4n) is 1.85. The molecule has 1 atom stereocenters. The molecule has 0 aliphatic rings. The third-order valence-corrected chi connectivity index (χ3v) is 3.06. The van der Waals surface area contributed by atoms with Crippen molar-refractivity contribution in [3.8, 4) is 0 Å². The quantitative estimate of drug-likeness (QED) is 0.866. The van der Waals surface area contributed by atoms with E-state index in [0.717, 1.165) is 5.56 Å². The Labute approximate surface area is 116 Å². The van der Waals surface area contributed by atoms with Gasteiger partial charge < -0.3 is 15.0 Å². The molecular formula is C15H16N2O3. The van der Waals surface area contributed by atoms with Crippen molar-refractivity contribution in [2.75, 3.05) is 6.61 Å². The molecule has 1 heterocycles. The maximum atomic E-state index is 12.1. The molecule has 0 spiro atoms. The molecule has 1 amide bonds. The van der Waals surface area contributed by atoms with Crippen LogP contribution in [-0.4, -0.2) is 22.2 Å². The van der Waals surface area contributed by atoms with E-state index < -0.39 is 6.04 Å². The lowest BCUT2D eigenvalue weighted by atomic mass is 10.1. The molecule has 104 valence electrons. The molecule has 0 radical (unpaired) electrons. The largest absolute Gasteiger partial charge is 0.394 e. The van der Waals surface area contributed by atoms with Crippen LogP contribution < -0.4 is 10.9 Å². The summed E-state index contributed by atoms with van der Waals surface area (Å²) in [6.07, 6.45) is 1.54. The first-order valence-electron chi connectivity index (χ1n) is 6.25. The summed E-state index contributed by atoms with van der Waals surface area (Å²) >= 11 is 0. The molecule has 0 aliphatic carbocycles. The van der Waals surface area contributed by atoms with Gasteiger partial charge in [-0.05, 0) is 11.6 Å². The van der Waals surface area contributed by atoms with Gasteiger partial charge in [0.2, 0.25) is 0 Å². The number of rotatable bonds is 4. The maximum absolute atomic E-state index is 12.1. The minimum Gasteiger partial charge on any atom is -0.394 e. The van der Waals surface area contributed by atoms with Gasteiger partial charge in [0.05, 0.1) is 12.6 Å². The molecule has 0 fully saturated rings. The molecule has 2 rings (SSSR count). The second-order valence-electron chi connectivity index (χ2n) is 4.48. The fraction of sp³-hybridized carbons (Fsp3) is 0.200. The Morgan fingerprint density at radius 1 is 1.30 bits per heavy atom. The summed E-state index contributed by atoms with van der Waals surface area (Å²) in [6, 6.07) is 11.5. The Morgan fingerprint density at radius 3 is 2.60 bits per heavy atom. The number of nitrogens with one attached hydrogen (secondary N) is 1. The van der Waals surface area contributed by atoms with Crippen molar-refractivity contribution in [2.45, 2.75) is 6.04 Å². The monoisotopic (exact) mass is 272 g/mol. The molecule has 1 aromatic carbocycles. The molecule has 20 heavy (non-hydrogen) atoms. The highest BCUT2D eigenvalue weighted by Crippen LogP contribution is 2.12. The molecule has 2 aromatic rings. The number of aliphatic hydroxyl groups excluding tert-OH is 1. The van der Waals surface area contributed by atoms with Crippen LogP contribution in [-0.2, 0) is 7.05 Å². The summed E-state index contributed by atoms with van der Waals surface area (Å²) in [5.41, 5.74) is 0.840. The highest BCUT2D eigenvalue weighted by Gasteiger charge is 2.15. The first kappa shape index (κ1) is 14.0. The minimum atomic E-state index is -0.493. The van der Waals surface area contributed by atoms with Gasteiger partial charge in [0.1, 0.15) is 0 Å². The zero-order chi connectivity index (χ0) is 14.5. The van der Waals surface area contributed by atoms with Crippen molar-refractivity contribution in [3.63, 3.8) is 0 Å². The van der Waals surface area contributed by atoms with E-state index in [9.17, 15) is 14.7 Å². The SMILES string of the molecule is Cn1ccc(C(=O)N[C@@H](CO)c2ccccc2)cc1=O. The zero-order valence-electron chi connectivity index (χ0n) is 11.1. The number of carbonyl (C=O) groups excluding carboxylic acids is 1. The van der Waals surface area contributed by atoms with Gasteiger partial charge in [0.15, 0.2) is 0 Å². The van der Waals surface area contributed by atoms with E-state index >= 15 is 0 Å². The molecule has 1 aromatic heterocycles. The van der Waals surface area contributed by atoms with Gasteiger partial charge in [-0.1, -0.05) is 30.3 Å². The highest BCUT2D eigenvalue weighted by atomic mass is 16.3. The van der Waals surface area contributed by atoms with Gasteiger partial charge in [-0.2, -0.15) is 0 Å². The standard InChI is InChI=1S/C15H16N2O3/c1-17-8-7-12(9-14(17)19)15(20)16-13(10-18)11-5-3-2-4-6-11/h2-9,13,18H,10H2,1H3,(H,16,20)/t13-/m0/s1. The van der Waals surface area contributed by atoms with Crippen molar-refractivity contribution in [1.82, 2.24) is 9.88 Å². The smallest absolute Gasteiger partial charge is 0.252 e. The van der Waals surface area contributed by atoms with Gasteiger partial charge in [-0.15, -0.1) is 0 Å². The summed E-state index contributed by atoms with van der Waals surface area (Å²) in [7, 11) is 1.62. The molecule has 2 N–H and O–H groups in total. The Kier molecular flexibility index (Phi) is 4.32. The molecule has 0 saturated carbocycles. The summed E-state index contributed by atoms with van der Waals surface area (Å²) in [5, 5.41) is 12.1. The number of carbonyl (C=O) groups is 1. The van der Waals surface area contributed by atoms with Crippen molar-refractivity contribution < 1.29 is 9.90 Å².